The molecule has 0 radical (unpaired) electrons. The van der Waals surface area contributed by atoms with Crippen molar-refractivity contribution >= 4 is 51.8 Å². The second-order valence-corrected chi connectivity index (χ2v) is 11.0. The summed E-state index contributed by atoms with van der Waals surface area (Å²) in [6.07, 6.45) is 3.94. The first-order valence-corrected chi connectivity index (χ1v) is 13.5. The SMILES string of the molecule is COc1ccc(Cl)cc1C(=O)CCCCN1CCC2(CC1)NC(=O)N(CCNS(C)(=O)=O)C2=O.Cl. The van der Waals surface area contributed by atoms with E-state index in [1.54, 1.807) is 18.2 Å². The van der Waals surface area contributed by atoms with Crippen LogP contribution < -0.4 is 14.8 Å². The molecule has 0 aliphatic carbocycles. The number of ether oxygens (including phenoxy) is 1. The van der Waals surface area contributed by atoms with E-state index in [1.165, 1.54) is 7.11 Å². The summed E-state index contributed by atoms with van der Waals surface area (Å²) in [7, 11) is -1.87. The summed E-state index contributed by atoms with van der Waals surface area (Å²) in [5, 5.41) is 3.31. The number of rotatable bonds is 11. The van der Waals surface area contributed by atoms with Crippen molar-refractivity contribution in [2.24, 2.45) is 0 Å². The Morgan fingerprint density at radius 3 is 2.51 bits per heavy atom. The van der Waals surface area contributed by atoms with E-state index in [0.717, 1.165) is 24.1 Å². The number of ketones is 1. The van der Waals surface area contributed by atoms with E-state index < -0.39 is 21.6 Å². The number of unbranched alkanes of at least 4 members (excludes halogenated alkanes) is 1. The zero-order valence-corrected chi connectivity index (χ0v) is 22.2. The van der Waals surface area contributed by atoms with Gasteiger partial charge in [-0.2, -0.15) is 0 Å². The number of carbonyl (C=O) groups is 3. The third-order valence-corrected chi connectivity index (χ3v) is 7.21. The fourth-order valence-corrected chi connectivity index (χ4v) is 5.01. The number of halogens is 2. The van der Waals surface area contributed by atoms with Gasteiger partial charge in [0, 0.05) is 37.6 Å². The minimum atomic E-state index is -3.39. The van der Waals surface area contributed by atoms with Gasteiger partial charge in [0.15, 0.2) is 5.78 Å². The van der Waals surface area contributed by atoms with Gasteiger partial charge < -0.3 is 15.0 Å². The highest BCUT2D eigenvalue weighted by Gasteiger charge is 2.51. The van der Waals surface area contributed by atoms with Crippen molar-refractivity contribution in [3.63, 3.8) is 0 Å². The van der Waals surface area contributed by atoms with Crippen LogP contribution in [-0.4, -0.2) is 87.6 Å². The molecule has 0 atom stereocenters. The fourth-order valence-electron chi connectivity index (χ4n) is 4.37. The number of amides is 3. The first kappa shape index (κ1) is 29.3. The average Bonchev–Trinajstić information content (AvgIpc) is 3.01. The second-order valence-electron chi connectivity index (χ2n) is 8.70. The minimum Gasteiger partial charge on any atom is -0.496 e. The van der Waals surface area contributed by atoms with E-state index in [-0.39, 0.29) is 37.2 Å². The maximum absolute atomic E-state index is 12.9. The molecule has 2 saturated heterocycles. The van der Waals surface area contributed by atoms with Gasteiger partial charge in [0.25, 0.3) is 5.91 Å². The van der Waals surface area contributed by atoms with Crippen LogP contribution in [0.25, 0.3) is 0 Å². The molecule has 0 aromatic heterocycles. The van der Waals surface area contributed by atoms with E-state index in [1.807, 2.05) is 0 Å². The molecule has 35 heavy (non-hydrogen) atoms. The predicted octanol–water partition coefficient (Wildman–Crippen LogP) is 2.06. The van der Waals surface area contributed by atoms with Gasteiger partial charge in [0.1, 0.15) is 11.3 Å². The molecule has 196 valence electrons. The molecule has 1 spiro atoms. The third-order valence-electron chi connectivity index (χ3n) is 6.25. The number of sulfonamides is 1. The Hall–Kier alpha value is -1.92. The molecule has 10 nitrogen and oxygen atoms in total. The van der Waals surface area contributed by atoms with Crippen LogP contribution in [0.4, 0.5) is 4.79 Å². The number of methoxy groups -OCH3 is 1. The van der Waals surface area contributed by atoms with Crippen LogP contribution in [0.3, 0.4) is 0 Å². The molecular weight excluding hydrogens is 519 g/mol. The van der Waals surface area contributed by atoms with Gasteiger partial charge in [-0.15, -0.1) is 12.4 Å². The summed E-state index contributed by atoms with van der Waals surface area (Å²) in [5.41, 5.74) is -0.431. The first-order chi connectivity index (χ1) is 16.0. The number of hydrogen-bond donors (Lipinski definition) is 2. The molecule has 2 fully saturated rings. The van der Waals surface area contributed by atoms with Crippen molar-refractivity contribution in [3.05, 3.63) is 28.8 Å². The molecule has 3 amide bonds. The molecule has 3 rings (SSSR count). The van der Waals surface area contributed by atoms with Crippen molar-refractivity contribution < 1.29 is 27.5 Å². The number of nitrogens with zero attached hydrogens (tertiary/aromatic N) is 2. The Kier molecular flexibility index (Phi) is 10.3. The Bertz CT molecular complexity index is 1040. The molecule has 2 heterocycles. The zero-order chi connectivity index (χ0) is 24.9. The average molecular weight is 551 g/mol. The second kappa shape index (κ2) is 12.4. The van der Waals surface area contributed by atoms with E-state index in [0.29, 0.717) is 55.1 Å². The van der Waals surface area contributed by atoms with Crippen molar-refractivity contribution in [1.82, 2.24) is 19.8 Å². The monoisotopic (exact) mass is 550 g/mol. The Morgan fingerprint density at radius 1 is 1.20 bits per heavy atom. The number of likely N-dealkylation sites (tertiary alicyclic amines) is 1. The normalized spacial score (nSPS) is 17.9. The molecular formula is C22H32Cl2N4O6S. The number of urea groups is 1. The lowest BCUT2D eigenvalue weighted by molar-refractivity contribution is -0.132. The molecule has 13 heteroatoms. The smallest absolute Gasteiger partial charge is 0.325 e. The van der Waals surface area contributed by atoms with Crippen molar-refractivity contribution in [2.45, 2.75) is 37.6 Å². The summed E-state index contributed by atoms with van der Waals surface area (Å²) in [5.74, 6) is 0.204. The lowest BCUT2D eigenvalue weighted by atomic mass is 9.87. The summed E-state index contributed by atoms with van der Waals surface area (Å²) in [4.78, 5) is 41.1. The number of nitrogens with one attached hydrogen (secondary N) is 2. The topological polar surface area (TPSA) is 125 Å². The van der Waals surface area contributed by atoms with Gasteiger partial charge in [0.05, 0.1) is 18.9 Å². The maximum atomic E-state index is 12.9. The highest BCUT2D eigenvalue weighted by molar-refractivity contribution is 7.88. The first-order valence-electron chi connectivity index (χ1n) is 11.2. The number of Topliss-reactive ketones (excluding diaryl/α,β-unsaturated/α-hetero) is 1. The minimum absolute atomic E-state index is 0. The third kappa shape index (κ3) is 7.53. The van der Waals surface area contributed by atoms with Gasteiger partial charge in [0.2, 0.25) is 10.0 Å². The highest BCUT2D eigenvalue weighted by atomic mass is 35.5. The quantitative estimate of drug-likeness (QED) is 0.245. The number of piperidine rings is 1. The number of hydrogen-bond acceptors (Lipinski definition) is 7. The van der Waals surface area contributed by atoms with E-state index in [4.69, 9.17) is 16.3 Å². The van der Waals surface area contributed by atoms with Gasteiger partial charge in [-0.25, -0.2) is 17.9 Å². The van der Waals surface area contributed by atoms with Crippen LogP contribution in [-0.2, 0) is 14.8 Å². The molecule has 2 aliphatic rings. The summed E-state index contributed by atoms with van der Waals surface area (Å²) >= 11 is 6.01. The van der Waals surface area contributed by atoms with Gasteiger partial charge in [-0.05, 0) is 50.4 Å². The Labute approximate surface area is 217 Å². The van der Waals surface area contributed by atoms with E-state index in [2.05, 4.69) is 14.9 Å². The molecule has 0 saturated carbocycles. The summed E-state index contributed by atoms with van der Waals surface area (Å²) in [6.45, 7) is 2.07. The predicted molar refractivity (Wildman–Crippen MR) is 135 cm³/mol. The number of carbonyl (C=O) groups excluding carboxylic acids is 3. The molecule has 0 bridgehead atoms. The fraction of sp³-hybridized carbons (Fsp3) is 0.591. The Morgan fingerprint density at radius 2 is 1.89 bits per heavy atom. The van der Waals surface area contributed by atoms with Crippen LogP contribution in [0.2, 0.25) is 5.02 Å². The van der Waals surface area contributed by atoms with Gasteiger partial charge in [-0.1, -0.05) is 11.6 Å². The number of imide groups is 1. The Balaban J connectivity index is 0.00000432. The van der Waals surface area contributed by atoms with E-state index >= 15 is 0 Å². The zero-order valence-electron chi connectivity index (χ0n) is 19.8. The van der Waals surface area contributed by atoms with Crippen LogP contribution in [0, 0.1) is 0 Å². The lowest BCUT2D eigenvalue weighted by Gasteiger charge is -2.37. The summed E-state index contributed by atoms with van der Waals surface area (Å²) in [6, 6.07) is 4.51. The van der Waals surface area contributed by atoms with Crippen molar-refractivity contribution in [2.75, 3.05) is 46.1 Å². The van der Waals surface area contributed by atoms with Crippen LogP contribution in [0.15, 0.2) is 18.2 Å². The molecule has 2 aliphatic heterocycles. The maximum Gasteiger partial charge on any atom is 0.325 e. The molecule has 1 aromatic carbocycles. The summed E-state index contributed by atoms with van der Waals surface area (Å²) < 4.78 is 30.0. The van der Waals surface area contributed by atoms with E-state index in [9.17, 15) is 22.8 Å². The van der Waals surface area contributed by atoms with Crippen LogP contribution in [0.5, 0.6) is 5.75 Å². The molecule has 1 aromatic rings. The van der Waals surface area contributed by atoms with Gasteiger partial charge in [-0.3, -0.25) is 14.5 Å². The molecule has 2 N–H and O–H groups in total. The van der Waals surface area contributed by atoms with Crippen molar-refractivity contribution in [1.29, 1.82) is 0 Å². The number of benzene rings is 1. The van der Waals surface area contributed by atoms with Crippen LogP contribution in [0.1, 0.15) is 42.5 Å². The molecule has 0 unspecified atom stereocenters. The standard InChI is InChI=1S/C22H31ClN4O6S.ClH/c1-33-19-7-6-16(23)15-17(19)18(28)5-3-4-11-26-12-8-22(9-13-26)20(29)27(21(30)25-22)14-10-24-34(2,31)32;/h6-7,15,24H,3-5,8-14H2,1-2H3,(H,25,30);1H. The van der Waals surface area contributed by atoms with Crippen molar-refractivity contribution in [3.8, 4) is 5.75 Å². The van der Waals surface area contributed by atoms with Gasteiger partial charge >= 0.3 is 6.03 Å². The lowest BCUT2D eigenvalue weighted by Crippen LogP contribution is -2.55. The highest BCUT2D eigenvalue weighted by Crippen LogP contribution is 2.30. The largest absolute Gasteiger partial charge is 0.496 e. The van der Waals surface area contributed by atoms with Crippen LogP contribution >= 0.6 is 24.0 Å².